The molecule has 162 valence electrons. The Morgan fingerprint density at radius 2 is 1.72 bits per heavy atom. The number of aryl methyl sites for hydroxylation is 1. The van der Waals surface area contributed by atoms with Crippen molar-refractivity contribution in [3.63, 3.8) is 0 Å². The highest BCUT2D eigenvalue weighted by Crippen LogP contribution is 2.23. The summed E-state index contributed by atoms with van der Waals surface area (Å²) in [6.45, 7) is 1.87. The summed E-state index contributed by atoms with van der Waals surface area (Å²) in [5.74, 6) is -2.19. The zero-order valence-electron chi connectivity index (χ0n) is 16.8. The molecule has 0 radical (unpaired) electrons. The van der Waals surface area contributed by atoms with E-state index in [-0.39, 0.29) is 16.3 Å². The third-order valence-electron chi connectivity index (χ3n) is 4.08. The Balaban J connectivity index is 1.58. The van der Waals surface area contributed by atoms with Gasteiger partial charge in [-0.3, -0.25) is 9.59 Å². The van der Waals surface area contributed by atoms with Crippen molar-refractivity contribution in [1.29, 1.82) is 0 Å². The third kappa shape index (κ3) is 6.41. The lowest BCUT2D eigenvalue weighted by atomic mass is 10.2. The average Bonchev–Trinajstić information content (AvgIpc) is 2.74. The number of nitrogens with one attached hydrogen (secondary N) is 2. The highest BCUT2D eigenvalue weighted by atomic mass is 35.5. The lowest BCUT2D eigenvalue weighted by Gasteiger charge is -2.07. The average molecular weight is 470 g/mol. The van der Waals surface area contributed by atoms with E-state index in [0.717, 1.165) is 5.56 Å². The van der Waals surface area contributed by atoms with Crippen LogP contribution in [0.4, 0.5) is 5.69 Å². The number of nitrogens with zero attached hydrogens (tertiary/aromatic N) is 1. The number of ether oxygens (including phenoxy) is 1. The van der Waals surface area contributed by atoms with Gasteiger partial charge < -0.3 is 10.1 Å². The molecule has 3 aromatic carbocycles. The number of benzene rings is 3. The number of halogens is 2. The molecule has 0 spiro atoms. The van der Waals surface area contributed by atoms with Crippen molar-refractivity contribution < 1.29 is 19.1 Å². The minimum Gasteiger partial charge on any atom is -0.423 e. The zero-order valence-corrected chi connectivity index (χ0v) is 18.3. The largest absolute Gasteiger partial charge is 0.423 e. The standard InChI is InChI=1S/C23H17Cl2N3O4/c1-14-4-2-6-17(10-14)27-21(29)22(30)28-26-13-15-5-3-7-18(11-15)32-23(31)19-9-8-16(24)12-20(19)25/h2-13H,1H3,(H,27,29)(H,28,30)/b26-13-. The second-order valence-corrected chi connectivity index (χ2v) is 7.45. The van der Waals surface area contributed by atoms with E-state index in [2.05, 4.69) is 15.8 Å². The van der Waals surface area contributed by atoms with Crippen LogP contribution in [0.3, 0.4) is 0 Å². The zero-order chi connectivity index (χ0) is 23.1. The molecule has 0 aliphatic heterocycles. The molecule has 0 aromatic heterocycles. The summed E-state index contributed by atoms with van der Waals surface area (Å²) in [5, 5.41) is 6.82. The molecule has 32 heavy (non-hydrogen) atoms. The Hall–Kier alpha value is -3.68. The molecule has 3 aromatic rings. The quantitative estimate of drug-likeness (QED) is 0.187. The van der Waals surface area contributed by atoms with Gasteiger partial charge in [0.25, 0.3) is 0 Å². The smallest absolute Gasteiger partial charge is 0.345 e. The molecule has 7 nitrogen and oxygen atoms in total. The molecular weight excluding hydrogens is 453 g/mol. The summed E-state index contributed by atoms with van der Waals surface area (Å²) in [4.78, 5) is 36.2. The maximum absolute atomic E-state index is 12.3. The summed E-state index contributed by atoms with van der Waals surface area (Å²) in [6, 6.07) is 17.9. The monoisotopic (exact) mass is 469 g/mol. The molecule has 3 rings (SSSR count). The van der Waals surface area contributed by atoms with Crippen LogP contribution in [0.1, 0.15) is 21.5 Å². The van der Waals surface area contributed by atoms with Gasteiger partial charge in [-0.25, -0.2) is 10.2 Å². The van der Waals surface area contributed by atoms with Gasteiger partial charge in [-0.15, -0.1) is 0 Å². The SMILES string of the molecule is Cc1cccc(NC(=O)C(=O)N/N=C\c2cccc(OC(=O)c3ccc(Cl)cc3Cl)c2)c1. The maximum atomic E-state index is 12.3. The van der Waals surface area contributed by atoms with E-state index in [1.165, 1.54) is 30.5 Å². The third-order valence-corrected chi connectivity index (χ3v) is 4.63. The predicted molar refractivity (Wildman–Crippen MR) is 123 cm³/mol. The first kappa shape index (κ1) is 23.0. The van der Waals surface area contributed by atoms with Gasteiger partial charge in [-0.05, 0) is 60.5 Å². The summed E-state index contributed by atoms with van der Waals surface area (Å²) in [5.41, 5.74) is 4.29. The molecular formula is C23H17Cl2N3O4. The van der Waals surface area contributed by atoms with Crippen molar-refractivity contribution in [1.82, 2.24) is 5.43 Å². The molecule has 0 aliphatic carbocycles. The fourth-order valence-corrected chi connectivity index (χ4v) is 3.09. The van der Waals surface area contributed by atoms with E-state index >= 15 is 0 Å². The van der Waals surface area contributed by atoms with Crippen LogP contribution >= 0.6 is 23.2 Å². The molecule has 0 heterocycles. The normalized spacial score (nSPS) is 10.6. The Kier molecular flexibility index (Phi) is 7.59. The minimum atomic E-state index is -0.928. The Bertz CT molecular complexity index is 1210. The number of hydrogen-bond donors (Lipinski definition) is 2. The fraction of sp³-hybridized carbons (Fsp3) is 0.0435. The van der Waals surface area contributed by atoms with Crippen molar-refractivity contribution in [2.45, 2.75) is 6.92 Å². The second kappa shape index (κ2) is 10.6. The van der Waals surface area contributed by atoms with E-state index in [0.29, 0.717) is 16.3 Å². The summed E-state index contributed by atoms with van der Waals surface area (Å²) in [6.07, 6.45) is 1.31. The van der Waals surface area contributed by atoms with Crippen molar-refractivity contribution in [2.24, 2.45) is 5.10 Å². The predicted octanol–water partition coefficient (Wildman–Crippen LogP) is 4.61. The first-order valence-electron chi connectivity index (χ1n) is 9.30. The first-order chi connectivity index (χ1) is 15.3. The molecule has 0 aliphatic rings. The number of carbonyl (C=O) groups excluding carboxylic acids is 3. The summed E-state index contributed by atoms with van der Waals surface area (Å²) in [7, 11) is 0. The summed E-state index contributed by atoms with van der Waals surface area (Å²) < 4.78 is 5.32. The van der Waals surface area contributed by atoms with Crippen LogP contribution in [0.25, 0.3) is 0 Å². The Labute approximate surface area is 194 Å². The fourth-order valence-electron chi connectivity index (χ4n) is 2.60. The molecule has 0 fully saturated rings. The molecule has 9 heteroatoms. The van der Waals surface area contributed by atoms with E-state index in [1.54, 1.807) is 36.4 Å². The van der Waals surface area contributed by atoms with Gasteiger partial charge in [-0.1, -0.05) is 47.5 Å². The van der Waals surface area contributed by atoms with Gasteiger partial charge in [0.2, 0.25) is 0 Å². The lowest BCUT2D eigenvalue weighted by Crippen LogP contribution is -2.32. The van der Waals surface area contributed by atoms with Crippen molar-refractivity contribution >= 4 is 52.9 Å². The number of hydrazone groups is 1. The van der Waals surface area contributed by atoms with Crippen LogP contribution in [-0.4, -0.2) is 24.0 Å². The first-order valence-corrected chi connectivity index (χ1v) is 10.1. The van der Waals surface area contributed by atoms with E-state index in [9.17, 15) is 14.4 Å². The van der Waals surface area contributed by atoms with Gasteiger partial charge in [0.05, 0.1) is 16.8 Å². The van der Waals surface area contributed by atoms with Crippen LogP contribution in [-0.2, 0) is 9.59 Å². The van der Waals surface area contributed by atoms with Crippen LogP contribution in [0, 0.1) is 6.92 Å². The molecule has 0 bridgehead atoms. The van der Waals surface area contributed by atoms with Gasteiger partial charge >= 0.3 is 17.8 Å². The van der Waals surface area contributed by atoms with Gasteiger partial charge in [0, 0.05) is 10.7 Å². The molecule has 0 atom stereocenters. The number of rotatable bonds is 5. The number of esters is 1. The molecule has 2 amide bonds. The highest BCUT2D eigenvalue weighted by Gasteiger charge is 2.14. The van der Waals surface area contributed by atoms with Gasteiger partial charge in [0.1, 0.15) is 5.75 Å². The van der Waals surface area contributed by atoms with Crippen LogP contribution in [0.2, 0.25) is 10.0 Å². The molecule has 0 saturated heterocycles. The van der Waals surface area contributed by atoms with Gasteiger partial charge in [-0.2, -0.15) is 5.10 Å². The highest BCUT2D eigenvalue weighted by molar-refractivity contribution is 6.39. The maximum Gasteiger partial charge on any atom is 0.345 e. The molecule has 2 N–H and O–H groups in total. The summed E-state index contributed by atoms with van der Waals surface area (Å²) >= 11 is 11.9. The van der Waals surface area contributed by atoms with Crippen LogP contribution in [0.15, 0.2) is 71.8 Å². The molecule has 0 unspecified atom stereocenters. The van der Waals surface area contributed by atoms with Gasteiger partial charge in [0.15, 0.2) is 0 Å². The van der Waals surface area contributed by atoms with Crippen molar-refractivity contribution in [3.05, 3.63) is 93.5 Å². The van der Waals surface area contributed by atoms with Crippen molar-refractivity contribution in [3.8, 4) is 5.75 Å². The Morgan fingerprint density at radius 3 is 2.47 bits per heavy atom. The number of carbonyl (C=O) groups is 3. The van der Waals surface area contributed by atoms with Crippen molar-refractivity contribution in [2.75, 3.05) is 5.32 Å². The van der Waals surface area contributed by atoms with E-state index < -0.39 is 17.8 Å². The van der Waals surface area contributed by atoms with E-state index in [1.807, 2.05) is 13.0 Å². The Morgan fingerprint density at radius 1 is 0.938 bits per heavy atom. The number of anilines is 1. The topological polar surface area (TPSA) is 96.9 Å². The minimum absolute atomic E-state index is 0.169. The lowest BCUT2D eigenvalue weighted by molar-refractivity contribution is -0.136. The second-order valence-electron chi connectivity index (χ2n) is 6.61. The molecule has 0 saturated carbocycles. The van der Waals surface area contributed by atoms with Crippen LogP contribution in [0.5, 0.6) is 5.75 Å². The number of amides is 2. The number of hydrogen-bond acceptors (Lipinski definition) is 5. The van der Waals surface area contributed by atoms with E-state index in [4.69, 9.17) is 27.9 Å². The van der Waals surface area contributed by atoms with Crippen LogP contribution < -0.4 is 15.5 Å².